The van der Waals surface area contributed by atoms with Crippen LogP contribution >= 0.6 is 0 Å². The maximum atomic E-state index is 10.4. The first kappa shape index (κ1) is 8.74. The van der Waals surface area contributed by atoms with Crippen molar-refractivity contribution in [2.24, 2.45) is 5.73 Å². The molecule has 12 heavy (non-hydrogen) atoms. The number of carbonyl (C=O) groups is 1. The molecular weight excluding hydrogens is 152 g/mol. The minimum Gasteiger partial charge on any atom is -0.324 e. The highest BCUT2D eigenvalue weighted by atomic mass is 16.1. The third kappa shape index (κ3) is 2.36. The molecule has 0 saturated heterocycles. The van der Waals surface area contributed by atoms with Crippen LogP contribution in [0.2, 0.25) is 0 Å². The largest absolute Gasteiger partial charge is 0.324 e. The van der Waals surface area contributed by atoms with Gasteiger partial charge in [-0.05, 0) is 5.56 Å². The predicted molar refractivity (Wildman–Crippen MR) is 46.1 cm³/mol. The molecule has 1 unspecified atom stereocenters. The number of nitrogens with one attached hydrogen (secondary N) is 1. The molecule has 0 fully saturated rings. The Hall–Kier alpha value is -1.35. The monoisotopic (exact) mass is 163 g/mol. The number of amides is 1. The highest BCUT2D eigenvalue weighted by Crippen LogP contribution is 2.12. The van der Waals surface area contributed by atoms with Gasteiger partial charge < -0.3 is 5.73 Å². The number of benzene rings is 1. The highest BCUT2D eigenvalue weighted by Gasteiger charge is 2.07. The highest BCUT2D eigenvalue weighted by molar-refractivity contribution is 5.73. The maximum absolute atomic E-state index is 10.4. The normalized spacial score (nSPS) is 12.4. The van der Waals surface area contributed by atoms with Gasteiger partial charge in [0, 0.05) is 12.5 Å². The Morgan fingerprint density at radius 2 is 2.00 bits per heavy atom. The van der Waals surface area contributed by atoms with Crippen molar-refractivity contribution in [1.82, 2.24) is 5.73 Å². The molecule has 0 saturated carbocycles. The molecule has 0 aromatic heterocycles. The fraction of sp³-hybridized carbons (Fsp3) is 0.222. The van der Waals surface area contributed by atoms with Gasteiger partial charge in [-0.25, -0.2) is 0 Å². The molecule has 1 rings (SSSR count). The second-order valence-electron chi connectivity index (χ2n) is 2.64. The molecule has 1 atom stereocenters. The SMILES string of the molecule is [NH]C(=O)CC(N)c1ccccc1. The van der Waals surface area contributed by atoms with E-state index in [4.69, 9.17) is 11.5 Å². The van der Waals surface area contributed by atoms with Gasteiger partial charge in [-0.2, -0.15) is 0 Å². The average molecular weight is 163 g/mol. The maximum Gasteiger partial charge on any atom is 0.240 e. The smallest absolute Gasteiger partial charge is 0.240 e. The number of carbonyl (C=O) groups excluding carboxylic acids is 1. The van der Waals surface area contributed by atoms with E-state index in [2.05, 4.69) is 0 Å². The molecule has 0 heterocycles. The summed E-state index contributed by atoms with van der Waals surface area (Å²) in [6.45, 7) is 0. The molecular formula is C9H11N2O. The second kappa shape index (κ2) is 3.88. The Kier molecular flexibility index (Phi) is 2.82. The van der Waals surface area contributed by atoms with E-state index in [1.807, 2.05) is 30.3 Å². The number of hydrogen-bond donors (Lipinski definition) is 1. The summed E-state index contributed by atoms with van der Waals surface area (Å²) in [5, 5.41) is 0. The number of rotatable bonds is 3. The molecule has 0 spiro atoms. The fourth-order valence-corrected chi connectivity index (χ4v) is 1.02. The quantitative estimate of drug-likeness (QED) is 0.718. The van der Waals surface area contributed by atoms with Crippen LogP contribution < -0.4 is 11.5 Å². The van der Waals surface area contributed by atoms with Crippen LogP contribution in [-0.4, -0.2) is 5.91 Å². The van der Waals surface area contributed by atoms with E-state index in [1.165, 1.54) is 0 Å². The van der Waals surface area contributed by atoms with Crippen molar-refractivity contribution < 1.29 is 4.79 Å². The van der Waals surface area contributed by atoms with Gasteiger partial charge in [-0.3, -0.25) is 10.5 Å². The average Bonchev–Trinajstić information content (AvgIpc) is 2.05. The summed E-state index contributed by atoms with van der Waals surface area (Å²) in [6.07, 6.45) is 0.0873. The van der Waals surface area contributed by atoms with Gasteiger partial charge >= 0.3 is 0 Å². The first-order valence-corrected chi connectivity index (χ1v) is 3.75. The van der Waals surface area contributed by atoms with Crippen LogP contribution in [0.4, 0.5) is 0 Å². The van der Waals surface area contributed by atoms with Gasteiger partial charge in [0.2, 0.25) is 5.91 Å². The van der Waals surface area contributed by atoms with E-state index in [1.54, 1.807) is 0 Å². The van der Waals surface area contributed by atoms with Crippen molar-refractivity contribution in [3.63, 3.8) is 0 Å². The van der Waals surface area contributed by atoms with Gasteiger partial charge in [-0.15, -0.1) is 0 Å². The lowest BCUT2D eigenvalue weighted by Crippen LogP contribution is -2.15. The van der Waals surface area contributed by atoms with Crippen LogP contribution in [0.5, 0.6) is 0 Å². The molecule has 3 heteroatoms. The van der Waals surface area contributed by atoms with Crippen LogP contribution in [-0.2, 0) is 4.79 Å². The predicted octanol–water partition coefficient (Wildman–Crippen LogP) is 0.886. The second-order valence-corrected chi connectivity index (χ2v) is 2.64. The zero-order chi connectivity index (χ0) is 8.97. The van der Waals surface area contributed by atoms with Crippen molar-refractivity contribution in [2.75, 3.05) is 0 Å². The van der Waals surface area contributed by atoms with Gasteiger partial charge in [0.15, 0.2) is 0 Å². The lowest BCUT2D eigenvalue weighted by molar-refractivity contribution is -0.119. The summed E-state index contributed by atoms with van der Waals surface area (Å²) in [5.41, 5.74) is 13.3. The van der Waals surface area contributed by atoms with Crippen LogP contribution in [0, 0.1) is 0 Å². The molecule has 1 aromatic carbocycles. The Morgan fingerprint density at radius 1 is 1.42 bits per heavy atom. The lowest BCUT2D eigenvalue weighted by Gasteiger charge is -2.07. The Bertz CT molecular complexity index is 258. The van der Waals surface area contributed by atoms with Crippen LogP contribution in [0.1, 0.15) is 18.0 Å². The Balaban J connectivity index is 2.65. The molecule has 0 aliphatic rings. The molecule has 0 bridgehead atoms. The summed E-state index contributed by atoms with van der Waals surface area (Å²) in [5.74, 6) is -0.619. The molecule has 1 aromatic rings. The minimum atomic E-state index is -0.619. The topological polar surface area (TPSA) is 66.9 Å². The van der Waals surface area contributed by atoms with Gasteiger partial charge in [0.25, 0.3) is 0 Å². The van der Waals surface area contributed by atoms with E-state index in [-0.39, 0.29) is 12.5 Å². The molecule has 63 valence electrons. The first-order valence-electron chi connectivity index (χ1n) is 3.75. The van der Waals surface area contributed by atoms with Crippen LogP contribution in [0.3, 0.4) is 0 Å². The third-order valence-corrected chi connectivity index (χ3v) is 1.63. The summed E-state index contributed by atoms with van der Waals surface area (Å²) < 4.78 is 0. The summed E-state index contributed by atoms with van der Waals surface area (Å²) >= 11 is 0. The summed E-state index contributed by atoms with van der Waals surface area (Å²) in [6, 6.07) is 8.99. The molecule has 3 nitrogen and oxygen atoms in total. The fourth-order valence-electron chi connectivity index (χ4n) is 1.02. The Labute approximate surface area is 71.4 Å². The van der Waals surface area contributed by atoms with Crippen molar-refractivity contribution in [3.8, 4) is 0 Å². The van der Waals surface area contributed by atoms with Crippen molar-refractivity contribution in [2.45, 2.75) is 12.5 Å². The lowest BCUT2D eigenvalue weighted by atomic mass is 10.1. The molecule has 0 aliphatic carbocycles. The van der Waals surface area contributed by atoms with Crippen molar-refractivity contribution >= 4 is 5.91 Å². The summed E-state index contributed by atoms with van der Waals surface area (Å²) in [4.78, 5) is 10.4. The van der Waals surface area contributed by atoms with Gasteiger partial charge in [0.05, 0.1) is 0 Å². The van der Waals surface area contributed by atoms with E-state index in [0.29, 0.717) is 0 Å². The van der Waals surface area contributed by atoms with Crippen molar-refractivity contribution in [3.05, 3.63) is 35.9 Å². The molecule has 1 radical (unpaired) electrons. The van der Waals surface area contributed by atoms with E-state index in [9.17, 15) is 4.79 Å². The van der Waals surface area contributed by atoms with Gasteiger partial charge in [0.1, 0.15) is 0 Å². The molecule has 1 amide bonds. The van der Waals surface area contributed by atoms with E-state index >= 15 is 0 Å². The number of nitrogens with two attached hydrogens (primary N) is 1. The third-order valence-electron chi connectivity index (χ3n) is 1.63. The van der Waals surface area contributed by atoms with Crippen molar-refractivity contribution in [1.29, 1.82) is 0 Å². The van der Waals surface area contributed by atoms with E-state index in [0.717, 1.165) is 5.56 Å². The standard InChI is InChI=1S/C9H11N2O/c10-8(6-9(11)12)7-4-2-1-3-5-7/h1-5,8,11H,6,10H2. The zero-order valence-electron chi connectivity index (χ0n) is 6.66. The minimum absolute atomic E-state index is 0.0873. The summed E-state index contributed by atoms with van der Waals surface area (Å²) in [7, 11) is 0. The molecule has 0 aliphatic heterocycles. The number of hydrogen-bond acceptors (Lipinski definition) is 2. The van der Waals surface area contributed by atoms with Crippen LogP contribution in [0.25, 0.3) is 0 Å². The Morgan fingerprint density at radius 3 is 2.50 bits per heavy atom. The van der Waals surface area contributed by atoms with E-state index < -0.39 is 5.91 Å². The first-order chi connectivity index (χ1) is 5.70. The van der Waals surface area contributed by atoms with Gasteiger partial charge in [-0.1, -0.05) is 30.3 Å². The molecule has 3 N–H and O–H groups in total. The zero-order valence-corrected chi connectivity index (χ0v) is 6.66. The van der Waals surface area contributed by atoms with Crippen LogP contribution in [0.15, 0.2) is 30.3 Å².